The Morgan fingerprint density at radius 3 is 1.91 bits per heavy atom. The van der Waals surface area contributed by atoms with E-state index in [2.05, 4.69) is 5.32 Å². The number of hydrogen-bond acceptors (Lipinski definition) is 4. The molecule has 0 bridgehead atoms. The van der Waals surface area contributed by atoms with Crippen LogP contribution in [0.5, 0.6) is 0 Å². The lowest BCUT2D eigenvalue weighted by Gasteiger charge is -2.33. The number of nitrogens with zero attached hydrogens (tertiary/aromatic N) is 2. The second-order valence-electron chi connectivity index (χ2n) is 8.81. The number of sulfonamides is 1. The van der Waals surface area contributed by atoms with Crippen LogP contribution in [0.2, 0.25) is 10.0 Å². The van der Waals surface area contributed by atoms with Crippen LogP contribution in [0, 0.1) is 0 Å². The molecular weight excluding hydrogens is 485 g/mol. The molecular formula is C23H29Cl2N3O4S. The SMILES string of the molecule is C[C@@H](C(=O)NC(C)(C)C)N(Cc1ccc(Cl)cc1)C(=O)CN(c1ccc(Cl)cc1)S(C)(=O)=O. The van der Waals surface area contributed by atoms with Crippen LogP contribution in [0.1, 0.15) is 33.3 Å². The number of carbonyl (C=O) groups is 2. The van der Waals surface area contributed by atoms with Gasteiger partial charge in [0.1, 0.15) is 12.6 Å². The van der Waals surface area contributed by atoms with Crippen LogP contribution < -0.4 is 9.62 Å². The van der Waals surface area contributed by atoms with Crippen LogP contribution in [0.3, 0.4) is 0 Å². The van der Waals surface area contributed by atoms with E-state index in [1.54, 1.807) is 43.3 Å². The lowest BCUT2D eigenvalue weighted by atomic mass is 10.1. The van der Waals surface area contributed by atoms with Crippen LogP contribution >= 0.6 is 23.2 Å². The van der Waals surface area contributed by atoms with E-state index in [4.69, 9.17) is 23.2 Å². The molecule has 0 saturated heterocycles. The fraction of sp³-hybridized carbons (Fsp3) is 0.391. The molecule has 0 aliphatic rings. The summed E-state index contributed by atoms with van der Waals surface area (Å²) in [5.41, 5.74) is 0.552. The van der Waals surface area contributed by atoms with Crippen LogP contribution in [-0.4, -0.2) is 49.5 Å². The number of rotatable bonds is 8. The number of amides is 2. The predicted molar refractivity (Wildman–Crippen MR) is 133 cm³/mol. The van der Waals surface area contributed by atoms with Crippen molar-refractivity contribution < 1.29 is 18.0 Å². The molecule has 0 aliphatic carbocycles. The van der Waals surface area contributed by atoms with Crippen molar-refractivity contribution in [2.75, 3.05) is 17.1 Å². The van der Waals surface area contributed by atoms with Gasteiger partial charge in [-0.2, -0.15) is 0 Å². The average molecular weight is 514 g/mol. The van der Waals surface area contributed by atoms with Crippen molar-refractivity contribution in [3.63, 3.8) is 0 Å². The minimum atomic E-state index is -3.79. The van der Waals surface area contributed by atoms with E-state index in [1.807, 2.05) is 20.8 Å². The Kier molecular flexibility index (Phi) is 8.79. The van der Waals surface area contributed by atoms with Crippen molar-refractivity contribution >= 4 is 50.7 Å². The highest BCUT2D eigenvalue weighted by molar-refractivity contribution is 7.92. The summed E-state index contributed by atoms with van der Waals surface area (Å²) in [5.74, 6) is -0.871. The quantitative estimate of drug-likeness (QED) is 0.575. The monoisotopic (exact) mass is 513 g/mol. The van der Waals surface area contributed by atoms with Gasteiger partial charge in [0.15, 0.2) is 0 Å². The Hall–Kier alpha value is -2.29. The first-order chi connectivity index (χ1) is 15.2. The van der Waals surface area contributed by atoms with Gasteiger partial charge < -0.3 is 10.2 Å². The third-order valence-electron chi connectivity index (χ3n) is 4.73. The molecule has 10 heteroatoms. The maximum atomic E-state index is 13.4. The standard InChI is InChI=1S/C23H29Cl2N3O4S/c1-16(22(30)26-23(2,3)4)27(14-17-6-8-18(24)9-7-17)21(29)15-28(33(5,31)32)20-12-10-19(25)11-13-20/h6-13,16H,14-15H2,1-5H3,(H,26,30)/t16-/m0/s1. The topological polar surface area (TPSA) is 86.8 Å². The fourth-order valence-corrected chi connectivity index (χ4v) is 4.17. The molecule has 2 aromatic rings. The Balaban J connectivity index is 2.38. The zero-order chi connectivity index (χ0) is 25.0. The van der Waals surface area contributed by atoms with Gasteiger partial charge in [0.05, 0.1) is 11.9 Å². The molecule has 0 fully saturated rings. The maximum Gasteiger partial charge on any atom is 0.244 e. The average Bonchev–Trinajstić information content (AvgIpc) is 2.69. The Morgan fingerprint density at radius 2 is 1.45 bits per heavy atom. The van der Waals surface area contributed by atoms with Crippen LogP contribution in [-0.2, 0) is 26.2 Å². The zero-order valence-corrected chi connectivity index (χ0v) is 21.6. The number of nitrogens with one attached hydrogen (secondary N) is 1. The molecule has 33 heavy (non-hydrogen) atoms. The van der Waals surface area contributed by atoms with Gasteiger partial charge in [-0.15, -0.1) is 0 Å². The summed E-state index contributed by atoms with van der Waals surface area (Å²) < 4.78 is 26.0. The highest BCUT2D eigenvalue weighted by atomic mass is 35.5. The third kappa shape index (κ3) is 8.21. The van der Waals surface area contributed by atoms with Crippen molar-refractivity contribution in [1.82, 2.24) is 10.2 Å². The van der Waals surface area contributed by atoms with Gasteiger partial charge in [0.25, 0.3) is 0 Å². The molecule has 2 amide bonds. The van der Waals surface area contributed by atoms with Crippen molar-refractivity contribution in [3.05, 3.63) is 64.1 Å². The van der Waals surface area contributed by atoms with Crippen LogP contribution in [0.15, 0.2) is 48.5 Å². The summed E-state index contributed by atoms with van der Waals surface area (Å²) in [5, 5.41) is 3.85. The van der Waals surface area contributed by atoms with Crippen molar-refractivity contribution in [2.24, 2.45) is 0 Å². The molecule has 0 heterocycles. The number of benzene rings is 2. The summed E-state index contributed by atoms with van der Waals surface area (Å²) in [4.78, 5) is 27.6. The first kappa shape index (κ1) is 27.0. The molecule has 2 rings (SSSR count). The van der Waals surface area contributed by atoms with E-state index in [0.29, 0.717) is 15.7 Å². The van der Waals surface area contributed by atoms with Gasteiger partial charge >= 0.3 is 0 Å². The van der Waals surface area contributed by atoms with Gasteiger partial charge in [-0.3, -0.25) is 13.9 Å². The molecule has 0 aliphatic heterocycles. The van der Waals surface area contributed by atoms with E-state index in [0.717, 1.165) is 16.1 Å². The molecule has 0 radical (unpaired) electrons. The molecule has 0 saturated carbocycles. The molecule has 1 atom stereocenters. The van der Waals surface area contributed by atoms with E-state index in [9.17, 15) is 18.0 Å². The third-order valence-corrected chi connectivity index (χ3v) is 6.37. The molecule has 2 aromatic carbocycles. The summed E-state index contributed by atoms with van der Waals surface area (Å²) in [6, 6.07) is 12.2. The first-order valence-corrected chi connectivity index (χ1v) is 12.9. The van der Waals surface area contributed by atoms with Gasteiger partial charge in [0, 0.05) is 22.1 Å². The highest BCUT2D eigenvalue weighted by Gasteiger charge is 2.31. The lowest BCUT2D eigenvalue weighted by Crippen LogP contribution is -2.54. The largest absolute Gasteiger partial charge is 0.350 e. The Labute approximate surface area is 205 Å². The molecule has 7 nitrogen and oxygen atoms in total. The first-order valence-electron chi connectivity index (χ1n) is 10.3. The smallest absolute Gasteiger partial charge is 0.244 e. The predicted octanol–water partition coefficient (Wildman–Crippen LogP) is 4.09. The van der Waals surface area contributed by atoms with Crippen LogP contribution in [0.4, 0.5) is 5.69 Å². The van der Waals surface area contributed by atoms with Crippen molar-refractivity contribution in [1.29, 1.82) is 0 Å². The Bertz CT molecular complexity index is 1080. The molecule has 0 aromatic heterocycles. The summed E-state index contributed by atoms with van der Waals surface area (Å²) >= 11 is 11.9. The second kappa shape index (κ2) is 10.8. The van der Waals surface area contributed by atoms with Gasteiger partial charge in [-0.05, 0) is 69.7 Å². The van der Waals surface area contributed by atoms with E-state index in [1.165, 1.54) is 17.0 Å². The second-order valence-corrected chi connectivity index (χ2v) is 11.6. The van der Waals surface area contributed by atoms with Gasteiger partial charge in [-0.25, -0.2) is 8.42 Å². The Morgan fingerprint density at radius 1 is 0.970 bits per heavy atom. The number of hydrogen-bond donors (Lipinski definition) is 1. The lowest BCUT2D eigenvalue weighted by molar-refractivity contribution is -0.140. The van der Waals surface area contributed by atoms with Crippen LogP contribution in [0.25, 0.3) is 0 Å². The maximum absolute atomic E-state index is 13.4. The van der Waals surface area contributed by atoms with Gasteiger partial charge in [0.2, 0.25) is 21.8 Å². The zero-order valence-electron chi connectivity index (χ0n) is 19.3. The minimum Gasteiger partial charge on any atom is -0.350 e. The number of halogens is 2. The van der Waals surface area contributed by atoms with Crippen molar-refractivity contribution in [3.8, 4) is 0 Å². The highest BCUT2D eigenvalue weighted by Crippen LogP contribution is 2.22. The van der Waals surface area contributed by atoms with Gasteiger partial charge in [-0.1, -0.05) is 35.3 Å². The number of anilines is 1. The molecule has 180 valence electrons. The molecule has 1 N–H and O–H groups in total. The normalized spacial score (nSPS) is 12.7. The summed E-state index contributed by atoms with van der Waals surface area (Å²) in [7, 11) is -3.79. The molecule has 0 spiro atoms. The van der Waals surface area contributed by atoms with Crippen molar-refractivity contribution in [2.45, 2.75) is 45.8 Å². The minimum absolute atomic E-state index is 0.104. The fourth-order valence-electron chi connectivity index (χ4n) is 3.06. The van der Waals surface area contributed by atoms with E-state index < -0.39 is 34.1 Å². The summed E-state index contributed by atoms with van der Waals surface area (Å²) in [6.45, 7) is 6.77. The van der Waals surface area contributed by atoms with E-state index >= 15 is 0 Å². The number of carbonyl (C=O) groups excluding carboxylic acids is 2. The molecule has 0 unspecified atom stereocenters. The summed E-state index contributed by atoms with van der Waals surface area (Å²) in [6.07, 6.45) is 1.02. The van der Waals surface area contributed by atoms with E-state index in [-0.39, 0.29) is 12.5 Å².